The number of hydrogen-bond donors (Lipinski definition) is 2. The van der Waals surface area contributed by atoms with E-state index in [4.69, 9.17) is 19.8 Å². The van der Waals surface area contributed by atoms with E-state index in [0.29, 0.717) is 50.4 Å². The van der Waals surface area contributed by atoms with Crippen molar-refractivity contribution in [1.82, 2.24) is 20.3 Å². The van der Waals surface area contributed by atoms with Gasteiger partial charge in [0.05, 0.1) is 29.4 Å². The predicted octanol–water partition coefficient (Wildman–Crippen LogP) is 8.53. The first-order chi connectivity index (χ1) is 30.7. The van der Waals surface area contributed by atoms with E-state index in [1.54, 1.807) is 18.5 Å². The topological polar surface area (TPSA) is 179 Å². The molecule has 0 saturated carbocycles. The molecule has 0 radical (unpaired) electrons. The second-order valence-electron chi connectivity index (χ2n) is 13.8. The van der Waals surface area contributed by atoms with Crippen molar-refractivity contribution in [3.05, 3.63) is 136 Å². The zero-order valence-electron chi connectivity index (χ0n) is 33.8. The molecule has 2 N–H and O–H groups in total. The highest BCUT2D eigenvalue weighted by atomic mass is 32.1. The van der Waals surface area contributed by atoms with E-state index in [2.05, 4.69) is 30.9 Å². The number of nitrogens with zero attached hydrogens (tertiary/aromatic N) is 9. The molecule has 7 aromatic rings. The minimum absolute atomic E-state index is 0.0897. The van der Waals surface area contributed by atoms with Crippen LogP contribution in [0.1, 0.15) is 34.1 Å². The Morgan fingerprint density at radius 3 is 2.29 bits per heavy atom. The number of aromatic nitrogens is 3. The number of hydrogen-bond acceptors (Lipinski definition) is 15. The van der Waals surface area contributed by atoms with Crippen LogP contribution in [0.2, 0.25) is 0 Å². The highest BCUT2D eigenvalue weighted by Crippen LogP contribution is 2.37. The largest absolute Gasteiger partial charge is 0.492 e. The summed E-state index contributed by atoms with van der Waals surface area (Å²) in [6.07, 6.45) is 1.55. The average molecular weight is 890 g/mol. The Morgan fingerprint density at radius 2 is 1.49 bits per heavy atom. The fraction of sp³-hybridized carbons (Fsp3) is 0.111. The van der Waals surface area contributed by atoms with Gasteiger partial charge in [-0.1, -0.05) is 96.3 Å². The highest BCUT2D eigenvalue weighted by Gasteiger charge is 2.36. The standard InChI is InChI=1S/C45H35N11O4S3/c1-4-60-35-16-9-8-15-33(35)51-52-39-38(29-11-6-5-7-12-29)54-56(43(39)59)45-50-37(27(3)63-45)30-19-17-28(18-20-30)31-13-10-14-32(23-31)34-24-62-44(49-34)55-42(58)36(26(2)53-55)47-25-48-40(57)41-46-21-22-61-41/h5-24,51H,4,25H2,1-3H3,(H,48,57)/b47-36?,52-39+. The summed E-state index contributed by atoms with van der Waals surface area (Å²) in [5, 5.41) is 23.7. The number of thiazole rings is 3. The van der Waals surface area contributed by atoms with Crippen LogP contribution in [0.25, 0.3) is 33.6 Å². The van der Waals surface area contributed by atoms with Gasteiger partial charge in [0, 0.05) is 38.5 Å². The molecule has 2 aliphatic rings. The van der Waals surface area contributed by atoms with Crippen molar-refractivity contribution in [2.45, 2.75) is 20.8 Å². The van der Waals surface area contributed by atoms with Crippen LogP contribution in [-0.4, -0.2) is 68.8 Å². The van der Waals surface area contributed by atoms with E-state index in [9.17, 15) is 14.4 Å². The van der Waals surface area contributed by atoms with Crippen LogP contribution >= 0.6 is 34.0 Å². The third-order valence-electron chi connectivity index (χ3n) is 9.72. The third kappa shape index (κ3) is 8.41. The van der Waals surface area contributed by atoms with Crippen LogP contribution in [0, 0.1) is 6.92 Å². The third-order valence-corrected chi connectivity index (χ3v) is 12.3. The molecular weight excluding hydrogens is 855 g/mol. The van der Waals surface area contributed by atoms with E-state index in [0.717, 1.165) is 38.4 Å². The van der Waals surface area contributed by atoms with Crippen molar-refractivity contribution in [3.63, 3.8) is 0 Å². The Balaban J connectivity index is 0.904. The number of carbonyl (C=O) groups excluding carboxylic acids is 3. The molecule has 3 amide bonds. The fourth-order valence-electron chi connectivity index (χ4n) is 6.70. The normalized spacial score (nSPS) is 15.0. The minimum Gasteiger partial charge on any atom is -0.492 e. The lowest BCUT2D eigenvalue weighted by Crippen LogP contribution is -2.30. The van der Waals surface area contributed by atoms with E-state index >= 15 is 0 Å². The molecule has 0 saturated heterocycles. The van der Waals surface area contributed by atoms with Crippen LogP contribution in [-0.2, 0) is 9.59 Å². The maximum absolute atomic E-state index is 14.0. The van der Waals surface area contributed by atoms with Gasteiger partial charge in [0.15, 0.2) is 10.7 Å². The van der Waals surface area contributed by atoms with Crippen molar-refractivity contribution in [2.75, 3.05) is 28.7 Å². The zero-order valence-corrected chi connectivity index (χ0v) is 36.3. The molecule has 0 fully saturated rings. The van der Waals surface area contributed by atoms with Gasteiger partial charge < -0.3 is 10.1 Å². The summed E-state index contributed by atoms with van der Waals surface area (Å²) in [4.78, 5) is 58.4. The summed E-state index contributed by atoms with van der Waals surface area (Å²) < 4.78 is 5.75. The number of aliphatic imine (C=N–C) groups is 1. The van der Waals surface area contributed by atoms with Gasteiger partial charge >= 0.3 is 11.8 Å². The number of nitrogens with one attached hydrogen (secondary N) is 2. The summed E-state index contributed by atoms with van der Waals surface area (Å²) in [5.74, 6) is -0.568. The molecule has 18 heteroatoms. The number of para-hydroxylation sites is 2. The number of rotatable bonds is 13. The van der Waals surface area contributed by atoms with Crippen LogP contribution in [0.5, 0.6) is 5.75 Å². The van der Waals surface area contributed by atoms with Crippen molar-refractivity contribution in [2.24, 2.45) is 20.3 Å². The molecule has 0 aliphatic carbocycles. The average Bonchev–Trinajstić information content (AvgIpc) is 4.17. The van der Waals surface area contributed by atoms with Crippen molar-refractivity contribution in [3.8, 4) is 39.4 Å². The van der Waals surface area contributed by atoms with E-state index in [1.807, 2.05) is 122 Å². The van der Waals surface area contributed by atoms with Gasteiger partial charge in [0.1, 0.15) is 23.8 Å². The smallest absolute Gasteiger partial charge is 0.303 e. The monoisotopic (exact) mass is 889 g/mol. The highest BCUT2D eigenvalue weighted by molar-refractivity contribution is 7.16. The molecule has 0 spiro atoms. The molecule has 15 nitrogen and oxygen atoms in total. The number of hydrazone groups is 3. The summed E-state index contributed by atoms with van der Waals surface area (Å²) in [5.41, 5.74) is 10.7. The lowest BCUT2D eigenvalue weighted by atomic mass is 10.00. The molecule has 0 unspecified atom stereocenters. The molecule has 2 aliphatic heterocycles. The molecule has 312 valence electrons. The molecule has 3 aromatic heterocycles. The molecule has 0 atom stereocenters. The quantitative estimate of drug-likeness (QED) is 0.108. The number of anilines is 3. The number of amides is 3. The van der Waals surface area contributed by atoms with Crippen LogP contribution in [0.15, 0.2) is 140 Å². The van der Waals surface area contributed by atoms with Crippen molar-refractivity contribution < 1.29 is 19.1 Å². The molecule has 63 heavy (non-hydrogen) atoms. The SMILES string of the molecule is CCOc1ccccc1N/N=C1/C(=O)N(c2nc(-c3ccc(-c4cccc(-c5csc(N6N=C(C)C(=NCNC(=O)c7nccs7)C6=O)n5)c4)cc3)c(C)s2)N=C1c1ccccc1. The van der Waals surface area contributed by atoms with Crippen molar-refractivity contribution in [1.29, 1.82) is 0 Å². The maximum atomic E-state index is 14.0. The second kappa shape index (κ2) is 17.8. The molecule has 0 bridgehead atoms. The Hall–Kier alpha value is -7.54. The van der Waals surface area contributed by atoms with Crippen LogP contribution in [0.4, 0.5) is 16.0 Å². The van der Waals surface area contributed by atoms with E-state index < -0.39 is 11.8 Å². The Kier molecular flexibility index (Phi) is 11.6. The van der Waals surface area contributed by atoms with Crippen LogP contribution in [0.3, 0.4) is 0 Å². The number of ether oxygens (including phenoxy) is 1. The first-order valence-corrected chi connectivity index (χ1v) is 22.1. The summed E-state index contributed by atoms with van der Waals surface area (Å²) in [6, 6.07) is 33.0. The van der Waals surface area contributed by atoms with Gasteiger partial charge in [-0.25, -0.2) is 15.0 Å². The minimum atomic E-state index is -0.420. The fourth-order valence-corrected chi connectivity index (χ4v) is 8.91. The van der Waals surface area contributed by atoms with Crippen LogP contribution < -0.4 is 25.5 Å². The maximum Gasteiger partial charge on any atom is 0.303 e. The number of aryl methyl sites for hydroxylation is 1. The Labute approximate surface area is 372 Å². The number of benzene rings is 4. The molecular formula is C45H35N11O4S3. The Bertz CT molecular complexity index is 2990. The summed E-state index contributed by atoms with van der Waals surface area (Å²) in [6.45, 7) is 5.96. The second-order valence-corrected chi connectivity index (χ2v) is 16.7. The van der Waals surface area contributed by atoms with Gasteiger partial charge in [-0.15, -0.1) is 22.7 Å². The molecule has 9 rings (SSSR count). The van der Waals surface area contributed by atoms with Gasteiger partial charge in [-0.2, -0.15) is 25.3 Å². The predicted molar refractivity (Wildman–Crippen MR) is 250 cm³/mol. The van der Waals surface area contributed by atoms with Gasteiger partial charge in [0.25, 0.3) is 5.91 Å². The van der Waals surface area contributed by atoms with E-state index in [-0.39, 0.29) is 24.0 Å². The summed E-state index contributed by atoms with van der Waals surface area (Å²) in [7, 11) is 0. The lowest BCUT2D eigenvalue weighted by Gasteiger charge is -2.10. The molecule has 5 heterocycles. The van der Waals surface area contributed by atoms with E-state index in [1.165, 1.54) is 44.0 Å². The lowest BCUT2D eigenvalue weighted by molar-refractivity contribution is -0.112. The van der Waals surface area contributed by atoms with Crippen molar-refractivity contribution >= 4 is 90.5 Å². The first kappa shape index (κ1) is 40.8. The zero-order chi connectivity index (χ0) is 43.5. The Morgan fingerprint density at radius 1 is 0.762 bits per heavy atom. The number of carbonyl (C=O) groups is 3. The van der Waals surface area contributed by atoms with Gasteiger partial charge in [-0.05, 0) is 50.1 Å². The molecule has 4 aromatic carbocycles. The van der Waals surface area contributed by atoms with Gasteiger partial charge in [0.2, 0.25) is 10.3 Å². The first-order valence-electron chi connectivity index (χ1n) is 19.6. The van der Waals surface area contributed by atoms with Gasteiger partial charge in [-0.3, -0.25) is 24.8 Å². The summed E-state index contributed by atoms with van der Waals surface area (Å²) >= 11 is 3.89.